The van der Waals surface area contributed by atoms with Crippen molar-refractivity contribution in [2.75, 3.05) is 30.8 Å². The lowest BCUT2D eigenvalue weighted by Crippen LogP contribution is -2.29. The monoisotopic (exact) mass is 402 g/mol. The van der Waals surface area contributed by atoms with Crippen molar-refractivity contribution in [3.63, 3.8) is 0 Å². The van der Waals surface area contributed by atoms with Crippen LogP contribution < -0.4 is 10.6 Å². The molecule has 1 aliphatic carbocycles. The van der Waals surface area contributed by atoms with Gasteiger partial charge in [-0.3, -0.25) is 15.3 Å². The van der Waals surface area contributed by atoms with Crippen LogP contribution in [0, 0.1) is 0 Å². The van der Waals surface area contributed by atoms with Gasteiger partial charge < -0.3 is 10.2 Å². The van der Waals surface area contributed by atoms with Crippen molar-refractivity contribution in [2.24, 2.45) is 0 Å². The molecule has 2 aliphatic rings. The first-order chi connectivity index (χ1) is 14.7. The predicted molar refractivity (Wildman–Crippen MR) is 118 cm³/mol. The summed E-state index contributed by atoms with van der Waals surface area (Å²) in [6.07, 6.45) is 9.68. The fraction of sp³-hybridized carbons (Fsp3) is 0.391. The summed E-state index contributed by atoms with van der Waals surface area (Å²) in [5.74, 6) is 1.51. The number of amides is 2. The van der Waals surface area contributed by atoms with E-state index in [1.165, 1.54) is 5.56 Å². The molecule has 2 aromatic heterocycles. The number of fused-ring (bicyclic) bond motifs is 1. The Morgan fingerprint density at radius 2 is 1.87 bits per heavy atom. The number of hydrogen-bond donors (Lipinski definition) is 2. The van der Waals surface area contributed by atoms with Gasteiger partial charge in [0.2, 0.25) is 0 Å². The van der Waals surface area contributed by atoms with Gasteiger partial charge in [-0.15, -0.1) is 0 Å². The maximum Gasteiger partial charge on any atom is 0.324 e. The molecule has 3 aromatic rings. The lowest BCUT2D eigenvalue weighted by atomic mass is 9.89. The minimum atomic E-state index is -0.325. The summed E-state index contributed by atoms with van der Waals surface area (Å²) in [5, 5.41) is 6.74. The van der Waals surface area contributed by atoms with Crippen molar-refractivity contribution in [1.82, 2.24) is 19.9 Å². The number of nitrogens with zero attached hydrogens (tertiary/aromatic N) is 4. The molecule has 1 saturated carbocycles. The molecule has 3 heterocycles. The van der Waals surface area contributed by atoms with Crippen molar-refractivity contribution in [3.8, 4) is 0 Å². The third kappa shape index (κ3) is 4.11. The van der Waals surface area contributed by atoms with Crippen molar-refractivity contribution in [1.29, 1.82) is 0 Å². The molecule has 1 saturated heterocycles. The lowest BCUT2D eigenvalue weighted by Gasteiger charge is -2.29. The molecule has 30 heavy (non-hydrogen) atoms. The Balaban J connectivity index is 1.35. The molecule has 0 bridgehead atoms. The third-order valence-electron chi connectivity index (χ3n) is 6.09. The fourth-order valence-corrected chi connectivity index (χ4v) is 4.16. The second-order valence-corrected chi connectivity index (χ2v) is 8.40. The summed E-state index contributed by atoms with van der Waals surface area (Å²) in [4.78, 5) is 28.2. The molecule has 0 radical (unpaired) electrons. The highest BCUT2D eigenvalue weighted by Gasteiger charge is 2.25. The van der Waals surface area contributed by atoms with Crippen LogP contribution in [0.3, 0.4) is 0 Å². The molecule has 154 valence electrons. The van der Waals surface area contributed by atoms with Gasteiger partial charge in [-0.05, 0) is 75.5 Å². The van der Waals surface area contributed by atoms with Crippen LogP contribution in [-0.4, -0.2) is 46.0 Å². The Kier molecular flexibility index (Phi) is 5.04. The van der Waals surface area contributed by atoms with Crippen LogP contribution in [0.15, 0.2) is 42.9 Å². The zero-order chi connectivity index (χ0) is 20.5. The first-order valence-electron chi connectivity index (χ1n) is 10.6. The van der Waals surface area contributed by atoms with Gasteiger partial charge in [-0.25, -0.2) is 9.78 Å². The number of likely N-dealkylation sites (tertiary alicyclic amines) is 1. The smallest absolute Gasteiger partial charge is 0.307 e. The summed E-state index contributed by atoms with van der Waals surface area (Å²) in [6.45, 7) is 2.23. The van der Waals surface area contributed by atoms with Gasteiger partial charge in [-0.1, -0.05) is 6.07 Å². The number of pyridine rings is 1. The maximum absolute atomic E-state index is 12.6. The van der Waals surface area contributed by atoms with Crippen molar-refractivity contribution in [2.45, 2.75) is 37.5 Å². The minimum Gasteiger partial charge on any atom is -0.307 e. The summed E-state index contributed by atoms with van der Waals surface area (Å²) in [5.41, 5.74) is 3.89. The highest BCUT2D eigenvalue weighted by Crippen LogP contribution is 2.38. The van der Waals surface area contributed by atoms with Crippen molar-refractivity contribution < 1.29 is 4.79 Å². The van der Waals surface area contributed by atoms with Crippen LogP contribution in [0.2, 0.25) is 0 Å². The molecule has 0 spiro atoms. The zero-order valence-corrected chi connectivity index (χ0v) is 17.1. The Morgan fingerprint density at radius 3 is 2.67 bits per heavy atom. The van der Waals surface area contributed by atoms with Gasteiger partial charge in [-0.2, -0.15) is 0 Å². The van der Waals surface area contributed by atoms with E-state index in [0.717, 1.165) is 61.1 Å². The fourth-order valence-electron chi connectivity index (χ4n) is 4.16. The van der Waals surface area contributed by atoms with E-state index in [2.05, 4.69) is 55.7 Å². The molecule has 5 rings (SSSR count). The number of carbonyl (C=O) groups excluding carboxylic acids is 1. The number of benzene rings is 1. The standard InChI is InChI=1S/C23H26N6O/c1-29-10-7-15(8-11-29)17-4-5-19-18(12-17)20(6-9-25-19)27-23(30)28-22-14-24-13-21(26-22)16-2-3-16/h4-6,9,12-16H,2-3,7-8,10-11H2,1H3,(H2,25,26,27,28,30). The van der Waals surface area contributed by atoms with Crippen LogP contribution in [0.4, 0.5) is 16.3 Å². The van der Waals surface area contributed by atoms with Gasteiger partial charge >= 0.3 is 6.03 Å². The van der Waals surface area contributed by atoms with Gasteiger partial charge in [0.05, 0.1) is 23.1 Å². The van der Waals surface area contributed by atoms with Crippen LogP contribution in [0.5, 0.6) is 0 Å². The Hall–Kier alpha value is -3.06. The second-order valence-electron chi connectivity index (χ2n) is 8.40. The van der Waals surface area contributed by atoms with Crippen LogP contribution in [0.1, 0.15) is 48.8 Å². The van der Waals surface area contributed by atoms with E-state index in [1.54, 1.807) is 18.6 Å². The van der Waals surface area contributed by atoms with E-state index in [9.17, 15) is 4.79 Å². The third-order valence-corrected chi connectivity index (χ3v) is 6.09. The van der Waals surface area contributed by atoms with E-state index < -0.39 is 0 Å². The van der Waals surface area contributed by atoms with E-state index in [-0.39, 0.29) is 6.03 Å². The number of urea groups is 1. The highest BCUT2D eigenvalue weighted by molar-refractivity contribution is 6.05. The predicted octanol–water partition coefficient (Wildman–Crippen LogP) is 4.36. The molecule has 1 aromatic carbocycles. The SMILES string of the molecule is CN1CCC(c2ccc3nccc(NC(=O)Nc4cncc(C5CC5)n4)c3c2)CC1. The minimum absolute atomic E-state index is 0.325. The van der Waals surface area contributed by atoms with Crippen molar-refractivity contribution >= 4 is 28.4 Å². The summed E-state index contributed by atoms with van der Waals surface area (Å²) < 4.78 is 0. The number of piperidine rings is 1. The molecule has 0 unspecified atom stereocenters. The quantitative estimate of drug-likeness (QED) is 0.678. The number of anilines is 2. The topological polar surface area (TPSA) is 83.0 Å². The molecule has 7 heteroatoms. The highest BCUT2D eigenvalue weighted by atomic mass is 16.2. The van der Waals surface area contributed by atoms with Gasteiger partial charge in [0, 0.05) is 23.7 Å². The Bertz CT molecular complexity index is 1070. The molecule has 7 nitrogen and oxygen atoms in total. The van der Waals surface area contributed by atoms with E-state index in [1.807, 2.05) is 6.07 Å². The van der Waals surface area contributed by atoms with Crippen molar-refractivity contribution in [3.05, 3.63) is 54.1 Å². The van der Waals surface area contributed by atoms with E-state index >= 15 is 0 Å². The number of nitrogens with one attached hydrogen (secondary N) is 2. The molecular weight excluding hydrogens is 376 g/mol. The summed E-state index contributed by atoms with van der Waals surface area (Å²) >= 11 is 0. The molecule has 2 N–H and O–H groups in total. The number of carbonyl (C=O) groups is 1. The van der Waals surface area contributed by atoms with Crippen LogP contribution in [0.25, 0.3) is 10.9 Å². The van der Waals surface area contributed by atoms with Gasteiger partial charge in [0.1, 0.15) is 0 Å². The molecule has 1 aliphatic heterocycles. The largest absolute Gasteiger partial charge is 0.324 e. The summed E-state index contributed by atoms with van der Waals surface area (Å²) in [6, 6.07) is 7.92. The molecular formula is C23H26N6O. The second kappa shape index (κ2) is 7.99. The average Bonchev–Trinajstić information content (AvgIpc) is 3.60. The zero-order valence-electron chi connectivity index (χ0n) is 17.1. The summed E-state index contributed by atoms with van der Waals surface area (Å²) in [7, 11) is 2.17. The lowest BCUT2D eigenvalue weighted by molar-refractivity contribution is 0.255. The van der Waals surface area contributed by atoms with Crippen LogP contribution >= 0.6 is 0 Å². The van der Waals surface area contributed by atoms with E-state index in [4.69, 9.17) is 0 Å². The first-order valence-corrected chi connectivity index (χ1v) is 10.6. The molecule has 2 amide bonds. The Morgan fingerprint density at radius 1 is 1.03 bits per heavy atom. The number of rotatable bonds is 4. The number of hydrogen-bond acceptors (Lipinski definition) is 5. The van der Waals surface area contributed by atoms with Crippen LogP contribution in [-0.2, 0) is 0 Å². The maximum atomic E-state index is 12.6. The van der Waals surface area contributed by atoms with Gasteiger partial charge in [0.25, 0.3) is 0 Å². The number of aromatic nitrogens is 3. The first kappa shape index (κ1) is 18.9. The Labute approximate surface area is 175 Å². The normalized spacial score (nSPS) is 17.8. The molecule has 2 fully saturated rings. The molecule has 0 atom stereocenters. The average molecular weight is 403 g/mol. The van der Waals surface area contributed by atoms with Gasteiger partial charge in [0.15, 0.2) is 5.82 Å². The van der Waals surface area contributed by atoms with E-state index in [0.29, 0.717) is 17.7 Å².